The number of hydrogen-bond acceptors (Lipinski definition) is 14. The number of methoxy groups -OCH3 is 3. The van der Waals surface area contributed by atoms with E-state index in [1.165, 1.54) is 16.8 Å². The Kier molecular flexibility index (Phi) is 27.4. The minimum Gasteiger partial charge on any atom is -0.497 e. The van der Waals surface area contributed by atoms with Crippen LogP contribution in [0.2, 0.25) is 5.04 Å². The van der Waals surface area contributed by atoms with E-state index in [0.717, 1.165) is 65.6 Å². The number of hydrogen-bond donors (Lipinski definition) is 0. The van der Waals surface area contributed by atoms with Crippen LogP contribution in [0.25, 0.3) is 0 Å². The predicted molar refractivity (Wildman–Crippen MR) is 322 cm³/mol. The molecule has 2 saturated heterocycles. The van der Waals surface area contributed by atoms with Gasteiger partial charge in [0.25, 0.3) is 8.32 Å². The van der Waals surface area contributed by atoms with Gasteiger partial charge < -0.3 is 47.1 Å². The van der Waals surface area contributed by atoms with E-state index in [0.29, 0.717) is 52.5 Å². The van der Waals surface area contributed by atoms with Crippen molar-refractivity contribution < 1.29 is 47.1 Å². The molecule has 6 atom stereocenters. The van der Waals surface area contributed by atoms with Crippen LogP contribution in [-0.4, -0.2) is 131 Å². The van der Waals surface area contributed by atoms with Gasteiger partial charge in [-0.2, -0.15) is 0 Å². The molecule has 0 aliphatic carbocycles. The second-order valence-electron chi connectivity index (χ2n) is 20.8. The van der Waals surface area contributed by atoms with E-state index in [-0.39, 0.29) is 63.2 Å². The molecule has 4 aromatic rings. The monoisotopic (exact) mass is 1140 g/mol. The molecule has 15 heteroatoms. The van der Waals surface area contributed by atoms with E-state index in [1.54, 1.807) is 7.11 Å². The Morgan fingerprint density at radius 3 is 1.66 bits per heavy atom. The van der Waals surface area contributed by atoms with Gasteiger partial charge in [-0.25, -0.2) is 0 Å². The van der Waals surface area contributed by atoms with E-state index >= 15 is 0 Å². The summed E-state index contributed by atoms with van der Waals surface area (Å²) in [7, 11) is 2.62. The van der Waals surface area contributed by atoms with Gasteiger partial charge in [-0.15, -0.1) is 47.0 Å². The predicted octanol–water partition coefficient (Wildman–Crippen LogP) is 12.9. The van der Waals surface area contributed by atoms with Crippen molar-refractivity contribution in [1.82, 2.24) is 0 Å². The minimum atomic E-state index is -2.85. The van der Waals surface area contributed by atoms with Gasteiger partial charge in [-0.05, 0) is 114 Å². The van der Waals surface area contributed by atoms with E-state index in [9.17, 15) is 0 Å². The Hall–Kier alpha value is -2.06. The average molecular weight is 1140 g/mol. The second-order valence-corrected chi connectivity index (χ2v) is 31.3. The van der Waals surface area contributed by atoms with E-state index in [1.807, 2.05) is 40.2 Å². The van der Waals surface area contributed by atoms with Gasteiger partial charge in [-0.3, -0.25) is 0 Å². The highest BCUT2D eigenvalue weighted by Crippen LogP contribution is 2.56. The van der Waals surface area contributed by atoms with Crippen molar-refractivity contribution in [3.63, 3.8) is 0 Å². The Bertz CT molecular complexity index is 2110. The zero-order valence-electron chi connectivity index (χ0n) is 47.1. The third-order valence-corrected chi connectivity index (χ3v) is 27.0. The summed E-state index contributed by atoms with van der Waals surface area (Å²) in [5.41, 5.74) is 2.23. The normalized spacial score (nSPS) is 18.3. The summed E-state index contributed by atoms with van der Waals surface area (Å²) in [5.74, 6) is 5.42. The Balaban J connectivity index is 1.24. The molecule has 2 aliphatic heterocycles. The van der Waals surface area contributed by atoms with Crippen LogP contribution >= 0.6 is 47.0 Å². The highest BCUT2D eigenvalue weighted by atomic mass is 32.2. The van der Waals surface area contributed by atoms with Gasteiger partial charge in [0, 0.05) is 46.9 Å². The number of rotatable bonds is 35. The van der Waals surface area contributed by atoms with Crippen LogP contribution in [0.4, 0.5) is 0 Å². The molecular weight excluding hydrogens is 1050 g/mol. The lowest BCUT2D eigenvalue weighted by atomic mass is 9.90. The van der Waals surface area contributed by atoms with Gasteiger partial charge in [0.1, 0.15) is 19.3 Å². The number of thioether (sulfide) groups is 4. The summed E-state index contributed by atoms with van der Waals surface area (Å²) >= 11 is 8.33. The zero-order chi connectivity index (χ0) is 54.1. The molecule has 0 unspecified atom stereocenters. The fourth-order valence-electron chi connectivity index (χ4n) is 10.5. The summed E-state index contributed by atoms with van der Waals surface area (Å²) in [6.07, 6.45) is 5.22. The van der Waals surface area contributed by atoms with Crippen LogP contribution < -0.4 is 15.1 Å². The van der Waals surface area contributed by atoms with Crippen LogP contribution in [0.3, 0.4) is 0 Å². The molecule has 0 radical (unpaired) electrons. The topological polar surface area (TPSA) is 92.3 Å². The first-order chi connectivity index (χ1) is 36.9. The maximum atomic E-state index is 7.52. The molecular formula is C61H90O10S4Si. The van der Waals surface area contributed by atoms with Gasteiger partial charge in [0.05, 0.1) is 65.6 Å². The van der Waals surface area contributed by atoms with Crippen LogP contribution in [0.5, 0.6) is 5.75 Å². The van der Waals surface area contributed by atoms with Crippen LogP contribution in [0, 0.1) is 5.92 Å². The van der Waals surface area contributed by atoms with Crippen LogP contribution in [0.1, 0.15) is 97.6 Å². The smallest absolute Gasteiger partial charge is 0.261 e. The Morgan fingerprint density at radius 1 is 0.566 bits per heavy atom. The molecule has 0 bridgehead atoms. The maximum absolute atomic E-state index is 7.52. The fraction of sp³-hybridized carbons (Fsp3) is 0.607. The van der Waals surface area contributed by atoms with Crippen molar-refractivity contribution in [3.8, 4) is 5.75 Å². The highest BCUT2D eigenvalue weighted by molar-refractivity contribution is 8.19. The summed E-state index contributed by atoms with van der Waals surface area (Å²) < 4.78 is 64.4. The Morgan fingerprint density at radius 2 is 1.12 bits per heavy atom. The summed E-state index contributed by atoms with van der Waals surface area (Å²) in [4.78, 5) is 0. The van der Waals surface area contributed by atoms with Gasteiger partial charge in [0.15, 0.2) is 0 Å². The first-order valence-corrected chi connectivity index (χ1v) is 33.4. The largest absolute Gasteiger partial charge is 0.497 e. The first-order valence-electron chi connectivity index (χ1n) is 27.6. The van der Waals surface area contributed by atoms with Crippen molar-refractivity contribution in [1.29, 1.82) is 0 Å². The standard InChI is InChI=1S/C61H90O10S4Si/c1-10-65-46-69-53(45-71-76(59(4,5)6,54-25-17-13-18-26-54)55-27-19-14-20-28-55)40-52(63-8)41-61(74-37-22-38-75-61)58(64-9)39-48(3)60(72-35-21-36-73-60)42-57(68-44-49-23-15-12-16-24-49)56(70-47-66-11-2)33-34-67-43-50-29-31-51(62-7)32-30-50/h12-20,23-32,48,52-53,56-58H,10-11,21-22,33-47H2,1-9H3/t48-,52-,53-,56-,57-,58+/m0/s1. The Labute approximate surface area is 475 Å². The van der Waals surface area contributed by atoms with Crippen molar-refractivity contribution in [2.75, 3.05) is 84.4 Å². The molecule has 2 aliphatic rings. The second kappa shape index (κ2) is 33.0. The summed E-state index contributed by atoms with van der Waals surface area (Å²) in [6, 6.07) is 40.2. The van der Waals surface area contributed by atoms with Crippen LogP contribution in [0.15, 0.2) is 115 Å². The average Bonchev–Trinajstić information content (AvgIpc) is 3.47. The van der Waals surface area contributed by atoms with E-state index in [2.05, 4.69) is 178 Å². The molecule has 4 aromatic carbocycles. The van der Waals surface area contributed by atoms with E-state index < -0.39 is 8.32 Å². The molecule has 422 valence electrons. The molecule has 2 fully saturated rings. The first kappa shape index (κ1) is 63.1. The third-order valence-electron chi connectivity index (χ3n) is 14.7. The molecule has 0 amide bonds. The highest BCUT2D eigenvalue weighted by Gasteiger charge is 2.52. The molecule has 10 nitrogen and oxygen atoms in total. The molecule has 0 spiro atoms. The van der Waals surface area contributed by atoms with Gasteiger partial charge in [-0.1, -0.05) is 131 Å². The van der Waals surface area contributed by atoms with Gasteiger partial charge >= 0.3 is 0 Å². The molecule has 2 heterocycles. The van der Waals surface area contributed by atoms with Crippen molar-refractivity contribution >= 4 is 65.7 Å². The quantitative estimate of drug-likeness (QED) is 0.0249. The van der Waals surface area contributed by atoms with E-state index in [4.69, 9.17) is 47.1 Å². The molecule has 0 aromatic heterocycles. The lowest BCUT2D eigenvalue weighted by Crippen LogP contribution is -2.67. The summed E-state index contributed by atoms with van der Waals surface area (Å²) in [6.45, 7) is 16.9. The zero-order valence-corrected chi connectivity index (χ0v) is 51.4. The fourth-order valence-corrected chi connectivity index (χ4v) is 22.4. The van der Waals surface area contributed by atoms with Crippen molar-refractivity contribution in [2.45, 2.75) is 143 Å². The lowest BCUT2D eigenvalue weighted by molar-refractivity contribution is -0.148. The molecule has 0 N–H and O–H groups in total. The minimum absolute atomic E-state index is 0.0494. The molecule has 6 rings (SSSR count). The van der Waals surface area contributed by atoms with Crippen molar-refractivity contribution in [2.24, 2.45) is 5.92 Å². The van der Waals surface area contributed by atoms with Gasteiger partial charge in [0.2, 0.25) is 0 Å². The van der Waals surface area contributed by atoms with Crippen LogP contribution in [-0.2, 0) is 55.5 Å². The third kappa shape index (κ3) is 18.2. The molecule has 0 saturated carbocycles. The van der Waals surface area contributed by atoms with Crippen molar-refractivity contribution in [3.05, 3.63) is 126 Å². The SMILES string of the molecule is CCOCO[C@H](CO[Si](c1ccccc1)(c1ccccc1)C(C)(C)C)C[C@@H](CC1([C@@H](C[C@H](C)C2(C[C@H](OCc3ccccc3)[C@H](CCOCc3ccc(OC)cc3)OCOCC)SCCCS2)OC)SCCCS1)OC. The summed E-state index contributed by atoms with van der Waals surface area (Å²) in [5, 5.41) is 2.32. The number of ether oxygens (including phenoxy) is 9. The maximum Gasteiger partial charge on any atom is 0.261 e. The molecule has 76 heavy (non-hydrogen) atoms. The lowest BCUT2D eigenvalue weighted by Gasteiger charge is -2.48. The number of benzene rings is 4.